The molecule has 5 aromatic rings. The number of hydrogen-bond donors (Lipinski definition) is 1. The zero-order valence-corrected chi connectivity index (χ0v) is 17.7. The fraction of sp³-hybridized carbons (Fsp3) is 0.0909. The molecule has 5 rings (SSSR count). The maximum Gasteiger partial charge on any atom is 0.236 e. The predicted octanol–water partition coefficient (Wildman–Crippen LogP) is 3.19. The van der Waals surface area contributed by atoms with E-state index in [1.807, 2.05) is 65.2 Å². The van der Waals surface area contributed by atoms with E-state index in [9.17, 15) is 4.79 Å². The number of hydrogen-bond acceptors (Lipinski definition) is 7. The van der Waals surface area contributed by atoms with E-state index in [1.165, 1.54) is 11.8 Å². The quantitative estimate of drug-likeness (QED) is 0.386. The van der Waals surface area contributed by atoms with Crippen LogP contribution in [0, 0.1) is 0 Å². The first kappa shape index (κ1) is 19.9. The first-order chi connectivity index (χ1) is 15.8. The highest BCUT2D eigenvalue weighted by Crippen LogP contribution is 2.23. The second kappa shape index (κ2) is 8.98. The summed E-state index contributed by atoms with van der Waals surface area (Å²) in [5.74, 6) is 1.22. The minimum Gasteiger partial charge on any atom is -0.310 e. The number of pyridine rings is 1. The molecule has 2 aromatic carbocycles. The van der Waals surface area contributed by atoms with Gasteiger partial charge >= 0.3 is 0 Å². The van der Waals surface area contributed by atoms with E-state index in [-0.39, 0.29) is 11.7 Å². The second-order valence-corrected chi connectivity index (χ2v) is 7.80. The summed E-state index contributed by atoms with van der Waals surface area (Å²) in [6.07, 6.45) is 1.63. The molecule has 3 heterocycles. The summed E-state index contributed by atoms with van der Waals surface area (Å²) in [6.45, 7) is 0.392. The molecule has 0 aliphatic heterocycles. The summed E-state index contributed by atoms with van der Waals surface area (Å²) in [7, 11) is 0. The van der Waals surface area contributed by atoms with E-state index in [2.05, 4.69) is 30.8 Å². The third kappa shape index (κ3) is 4.21. The summed E-state index contributed by atoms with van der Waals surface area (Å²) in [5, 5.41) is 20.6. The van der Waals surface area contributed by atoms with Gasteiger partial charge in [-0.15, -0.1) is 15.3 Å². The van der Waals surface area contributed by atoms with Gasteiger partial charge in [0.1, 0.15) is 17.9 Å². The van der Waals surface area contributed by atoms with Gasteiger partial charge in [0.25, 0.3) is 0 Å². The normalized spacial score (nSPS) is 11.0. The average molecular weight is 443 g/mol. The van der Waals surface area contributed by atoms with Crippen molar-refractivity contribution in [1.82, 2.24) is 34.7 Å². The SMILES string of the molecule is O=C(CSc1nnc(Cn2nnc3ccccc32)n1-c1ccccc1)Nc1ccccn1. The Morgan fingerprint density at radius 3 is 2.56 bits per heavy atom. The molecule has 0 aliphatic carbocycles. The topological polar surface area (TPSA) is 103 Å². The molecule has 0 unspecified atom stereocenters. The third-order valence-electron chi connectivity index (χ3n) is 4.69. The average Bonchev–Trinajstić information content (AvgIpc) is 3.43. The number of nitrogens with one attached hydrogen (secondary N) is 1. The van der Waals surface area contributed by atoms with Crippen LogP contribution in [-0.4, -0.2) is 46.4 Å². The van der Waals surface area contributed by atoms with Gasteiger partial charge in [-0.3, -0.25) is 9.36 Å². The van der Waals surface area contributed by atoms with Crippen molar-refractivity contribution in [3.8, 4) is 5.69 Å². The monoisotopic (exact) mass is 442 g/mol. The number of thioether (sulfide) groups is 1. The maximum absolute atomic E-state index is 12.4. The van der Waals surface area contributed by atoms with E-state index in [0.717, 1.165) is 16.7 Å². The van der Waals surface area contributed by atoms with Gasteiger partial charge in [-0.2, -0.15) is 0 Å². The van der Waals surface area contributed by atoms with Crippen LogP contribution in [0.5, 0.6) is 0 Å². The molecule has 0 saturated carbocycles. The van der Waals surface area contributed by atoms with Crippen molar-refractivity contribution < 1.29 is 4.79 Å². The largest absolute Gasteiger partial charge is 0.310 e. The van der Waals surface area contributed by atoms with Crippen molar-refractivity contribution in [3.05, 3.63) is 84.8 Å². The Balaban J connectivity index is 1.40. The van der Waals surface area contributed by atoms with Gasteiger partial charge in [0.05, 0.1) is 11.3 Å². The number of nitrogens with zero attached hydrogens (tertiary/aromatic N) is 7. The first-order valence-corrected chi connectivity index (χ1v) is 10.9. The summed E-state index contributed by atoms with van der Waals surface area (Å²) in [5.41, 5.74) is 2.64. The van der Waals surface area contributed by atoms with Crippen LogP contribution in [0.3, 0.4) is 0 Å². The summed E-state index contributed by atoms with van der Waals surface area (Å²) < 4.78 is 3.73. The fourth-order valence-corrected chi connectivity index (χ4v) is 4.02. The van der Waals surface area contributed by atoms with Crippen LogP contribution in [-0.2, 0) is 11.3 Å². The molecule has 32 heavy (non-hydrogen) atoms. The van der Waals surface area contributed by atoms with E-state index in [4.69, 9.17) is 0 Å². The van der Waals surface area contributed by atoms with Crippen molar-refractivity contribution in [2.75, 3.05) is 11.1 Å². The van der Waals surface area contributed by atoms with Crippen LogP contribution in [0.1, 0.15) is 5.82 Å². The minimum absolute atomic E-state index is 0.167. The highest BCUT2D eigenvalue weighted by atomic mass is 32.2. The summed E-state index contributed by atoms with van der Waals surface area (Å²) in [4.78, 5) is 16.5. The van der Waals surface area contributed by atoms with Crippen molar-refractivity contribution in [3.63, 3.8) is 0 Å². The molecule has 0 aliphatic rings. The minimum atomic E-state index is -0.167. The fourth-order valence-electron chi connectivity index (χ4n) is 3.25. The molecule has 0 saturated heterocycles. The van der Waals surface area contributed by atoms with Crippen LogP contribution in [0.4, 0.5) is 5.82 Å². The molecule has 10 heteroatoms. The molecular formula is C22H18N8OS. The third-order valence-corrected chi connectivity index (χ3v) is 5.62. The lowest BCUT2D eigenvalue weighted by Crippen LogP contribution is -2.15. The molecular weight excluding hydrogens is 424 g/mol. The Labute approximate surface area is 187 Å². The predicted molar refractivity (Wildman–Crippen MR) is 122 cm³/mol. The van der Waals surface area contributed by atoms with Crippen LogP contribution < -0.4 is 5.32 Å². The molecule has 9 nitrogen and oxygen atoms in total. The number of carbonyl (C=O) groups excluding carboxylic acids is 1. The van der Waals surface area contributed by atoms with Gasteiger partial charge in [-0.25, -0.2) is 9.67 Å². The highest BCUT2D eigenvalue weighted by Gasteiger charge is 2.17. The van der Waals surface area contributed by atoms with Crippen LogP contribution in [0.15, 0.2) is 84.1 Å². The lowest BCUT2D eigenvalue weighted by molar-refractivity contribution is -0.113. The number of carbonyl (C=O) groups is 1. The lowest BCUT2D eigenvalue weighted by atomic mass is 10.3. The summed E-state index contributed by atoms with van der Waals surface area (Å²) in [6, 6.07) is 22.9. The van der Waals surface area contributed by atoms with Crippen LogP contribution in [0.25, 0.3) is 16.7 Å². The number of amides is 1. The van der Waals surface area contributed by atoms with Crippen molar-refractivity contribution in [1.29, 1.82) is 0 Å². The molecule has 0 radical (unpaired) electrons. The zero-order chi connectivity index (χ0) is 21.8. The van der Waals surface area contributed by atoms with Crippen LogP contribution >= 0.6 is 11.8 Å². The molecule has 0 fully saturated rings. The van der Waals surface area contributed by atoms with E-state index >= 15 is 0 Å². The van der Waals surface area contributed by atoms with E-state index in [0.29, 0.717) is 23.3 Å². The standard InChI is InChI=1S/C22H18N8OS/c31-21(24-19-12-6-7-13-23-19)15-32-22-27-26-20(30(22)16-8-2-1-3-9-16)14-29-18-11-5-4-10-17(18)25-28-29/h1-13H,14-15H2,(H,23,24,31). The number of aromatic nitrogens is 7. The van der Waals surface area contributed by atoms with Crippen LogP contribution in [0.2, 0.25) is 0 Å². The molecule has 3 aromatic heterocycles. The van der Waals surface area contributed by atoms with E-state index in [1.54, 1.807) is 23.0 Å². The molecule has 1 N–H and O–H groups in total. The Morgan fingerprint density at radius 2 is 1.72 bits per heavy atom. The molecule has 0 bridgehead atoms. The smallest absolute Gasteiger partial charge is 0.236 e. The number of anilines is 1. The van der Waals surface area contributed by atoms with Gasteiger partial charge in [0.15, 0.2) is 11.0 Å². The second-order valence-electron chi connectivity index (χ2n) is 6.86. The first-order valence-electron chi connectivity index (χ1n) is 9.89. The van der Waals surface area contributed by atoms with E-state index < -0.39 is 0 Å². The van der Waals surface area contributed by atoms with Crippen molar-refractivity contribution in [2.45, 2.75) is 11.7 Å². The van der Waals surface area contributed by atoms with Crippen molar-refractivity contribution >= 4 is 34.5 Å². The van der Waals surface area contributed by atoms with Gasteiger partial charge in [-0.1, -0.05) is 53.4 Å². The number of rotatable bonds is 7. The Morgan fingerprint density at radius 1 is 0.906 bits per heavy atom. The molecule has 1 amide bonds. The summed E-state index contributed by atoms with van der Waals surface area (Å²) >= 11 is 1.31. The Hall–Kier alpha value is -4.05. The number of fused-ring (bicyclic) bond motifs is 1. The Kier molecular flexibility index (Phi) is 5.58. The maximum atomic E-state index is 12.4. The molecule has 0 atom stereocenters. The molecule has 158 valence electrons. The van der Waals surface area contributed by atoms with Gasteiger partial charge in [0, 0.05) is 11.9 Å². The van der Waals surface area contributed by atoms with Gasteiger partial charge in [0.2, 0.25) is 5.91 Å². The Bertz CT molecular complexity index is 1350. The zero-order valence-electron chi connectivity index (χ0n) is 16.9. The van der Waals surface area contributed by atoms with Gasteiger partial charge in [-0.05, 0) is 36.4 Å². The lowest BCUT2D eigenvalue weighted by Gasteiger charge is -2.10. The highest BCUT2D eigenvalue weighted by molar-refractivity contribution is 7.99. The number of para-hydroxylation sites is 2. The molecule has 0 spiro atoms. The van der Waals surface area contributed by atoms with Crippen molar-refractivity contribution in [2.24, 2.45) is 0 Å². The number of benzene rings is 2. The van der Waals surface area contributed by atoms with Gasteiger partial charge < -0.3 is 5.32 Å².